The molecule has 0 saturated heterocycles. The summed E-state index contributed by atoms with van der Waals surface area (Å²) in [6.07, 6.45) is 3.55. The van der Waals surface area contributed by atoms with E-state index in [1.807, 2.05) is 10.7 Å². The van der Waals surface area contributed by atoms with E-state index in [0.717, 1.165) is 24.1 Å². The molecular formula is C23H23FIN3O2. The van der Waals surface area contributed by atoms with E-state index in [2.05, 4.69) is 48.3 Å². The van der Waals surface area contributed by atoms with Crippen molar-refractivity contribution < 1.29 is 9.50 Å². The first-order valence-electron chi connectivity index (χ1n) is 10.1. The average molecular weight is 519 g/mol. The molecule has 2 atom stereocenters. The van der Waals surface area contributed by atoms with Crippen LogP contribution in [-0.4, -0.2) is 19.5 Å². The van der Waals surface area contributed by atoms with Crippen molar-refractivity contribution in [3.8, 4) is 11.6 Å². The molecule has 1 N–H and O–H groups in total. The van der Waals surface area contributed by atoms with Crippen molar-refractivity contribution in [1.29, 1.82) is 0 Å². The van der Waals surface area contributed by atoms with Crippen LogP contribution in [0, 0.1) is 14.8 Å². The molecule has 0 spiro atoms. The summed E-state index contributed by atoms with van der Waals surface area (Å²) in [7, 11) is 0. The van der Waals surface area contributed by atoms with Gasteiger partial charge in [0.15, 0.2) is 0 Å². The van der Waals surface area contributed by atoms with Gasteiger partial charge in [0.2, 0.25) is 5.88 Å². The van der Waals surface area contributed by atoms with Crippen LogP contribution in [-0.2, 0) is 12.0 Å². The van der Waals surface area contributed by atoms with E-state index in [-0.39, 0.29) is 34.0 Å². The molecule has 156 valence electrons. The third-order valence-corrected chi connectivity index (χ3v) is 8.46. The fourth-order valence-electron chi connectivity index (χ4n) is 5.65. The van der Waals surface area contributed by atoms with Gasteiger partial charge in [-0.05, 0) is 71.0 Å². The van der Waals surface area contributed by atoms with Gasteiger partial charge >= 0.3 is 0 Å². The van der Waals surface area contributed by atoms with Crippen molar-refractivity contribution in [2.24, 2.45) is 5.41 Å². The predicted octanol–water partition coefficient (Wildman–Crippen LogP) is 4.71. The minimum absolute atomic E-state index is 0.0232. The molecule has 1 aromatic carbocycles. The second-order valence-corrected chi connectivity index (χ2v) is 10.3. The molecule has 3 aromatic rings. The molecule has 2 heterocycles. The lowest BCUT2D eigenvalue weighted by molar-refractivity contribution is 0.216. The zero-order valence-corrected chi connectivity index (χ0v) is 19.3. The highest BCUT2D eigenvalue weighted by Gasteiger charge is 2.62. The topological polar surface area (TPSA) is 60.0 Å². The number of aromatic hydroxyl groups is 1. The summed E-state index contributed by atoms with van der Waals surface area (Å²) in [6.45, 7) is 7.07. The van der Waals surface area contributed by atoms with Gasteiger partial charge in [0.1, 0.15) is 5.82 Å². The molecule has 30 heavy (non-hydrogen) atoms. The predicted molar refractivity (Wildman–Crippen MR) is 121 cm³/mol. The summed E-state index contributed by atoms with van der Waals surface area (Å²) >= 11 is 2.07. The highest BCUT2D eigenvalue weighted by molar-refractivity contribution is 14.1. The van der Waals surface area contributed by atoms with E-state index in [4.69, 9.17) is 0 Å². The molecule has 1 saturated carbocycles. The Labute approximate surface area is 187 Å². The summed E-state index contributed by atoms with van der Waals surface area (Å²) in [6, 6.07) is 8.07. The normalized spacial score (nSPS) is 23.7. The lowest BCUT2D eigenvalue weighted by Gasteiger charge is -2.36. The maximum Gasteiger partial charge on any atom is 0.275 e. The van der Waals surface area contributed by atoms with Crippen molar-refractivity contribution in [2.75, 3.05) is 0 Å². The van der Waals surface area contributed by atoms with E-state index in [1.165, 1.54) is 12.1 Å². The Morgan fingerprint density at radius 2 is 2.07 bits per heavy atom. The molecule has 2 aliphatic rings. The zero-order chi connectivity index (χ0) is 21.4. The van der Waals surface area contributed by atoms with Crippen molar-refractivity contribution in [3.63, 3.8) is 0 Å². The second-order valence-electron chi connectivity index (χ2n) is 9.16. The first kappa shape index (κ1) is 19.8. The van der Waals surface area contributed by atoms with Crippen molar-refractivity contribution in [2.45, 2.75) is 51.5 Å². The molecule has 2 bridgehead atoms. The Morgan fingerprint density at radius 3 is 2.77 bits per heavy atom. The molecule has 0 aliphatic heterocycles. The Morgan fingerprint density at radius 1 is 1.30 bits per heavy atom. The van der Waals surface area contributed by atoms with Crippen LogP contribution in [0.2, 0.25) is 0 Å². The zero-order valence-electron chi connectivity index (χ0n) is 17.1. The van der Waals surface area contributed by atoms with Gasteiger partial charge in [0.25, 0.3) is 5.56 Å². The van der Waals surface area contributed by atoms with E-state index in [9.17, 15) is 14.3 Å². The maximum absolute atomic E-state index is 13.8. The van der Waals surface area contributed by atoms with Gasteiger partial charge < -0.3 is 5.11 Å². The molecule has 1 unspecified atom stereocenters. The van der Waals surface area contributed by atoms with Gasteiger partial charge in [-0.2, -0.15) is 0 Å². The van der Waals surface area contributed by atoms with E-state index >= 15 is 0 Å². The third kappa shape index (κ3) is 2.44. The highest BCUT2D eigenvalue weighted by Crippen LogP contribution is 2.67. The monoisotopic (exact) mass is 519 g/mol. The summed E-state index contributed by atoms with van der Waals surface area (Å²) in [5, 5.41) is 10.3. The van der Waals surface area contributed by atoms with Gasteiger partial charge in [-0.15, -0.1) is 0 Å². The van der Waals surface area contributed by atoms with Crippen molar-refractivity contribution >= 4 is 22.6 Å². The van der Waals surface area contributed by atoms with Gasteiger partial charge in [-0.25, -0.2) is 14.1 Å². The van der Waals surface area contributed by atoms with Gasteiger partial charge in [0, 0.05) is 26.3 Å². The van der Waals surface area contributed by atoms with Gasteiger partial charge in [-0.1, -0.05) is 26.8 Å². The third-order valence-electron chi connectivity index (χ3n) is 7.60. The standard InChI is InChI=1S/C23H23FIN3O2/c1-22(2)15-8-9-23(22,3)19-18(15)21(30)28(17-7-6-14(24)11-16(17)25)27(19)12-13-5-4-10-26-20(13)29/h4-7,10-11,15H,8-9,12H2,1-3H3,(H,26,29)/t15?,23-/m1/s1. The van der Waals surface area contributed by atoms with Gasteiger partial charge in [-0.3, -0.25) is 9.48 Å². The molecule has 2 aromatic heterocycles. The Bertz CT molecular complexity index is 1250. The number of fused-ring (bicyclic) bond motifs is 5. The van der Waals surface area contributed by atoms with Crippen LogP contribution < -0.4 is 5.56 Å². The number of hydrogen-bond donors (Lipinski definition) is 1. The summed E-state index contributed by atoms with van der Waals surface area (Å²) in [5.41, 5.74) is 2.99. The molecule has 5 rings (SSSR count). The number of rotatable bonds is 3. The molecule has 2 aliphatic carbocycles. The van der Waals surface area contributed by atoms with Gasteiger partial charge in [0.05, 0.1) is 17.9 Å². The molecule has 7 heteroatoms. The van der Waals surface area contributed by atoms with Crippen LogP contribution in [0.25, 0.3) is 5.69 Å². The highest BCUT2D eigenvalue weighted by atomic mass is 127. The number of aromatic nitrogens is 3. The molecule has 0 amide bonds. The maximum atomic E-state index is 13.8. The van der Waals surface area contributed by atoms with Crippen LogP contribution >= 0.6 is 22.6 Å². The smallest absolute Gasteiger partial charge is 0.275 e. The molecule has 5 nitrogen and oxygen atoms in total. The lowest BCUT2D eigenvalue weighted by atomic mass is 9.70. The van der Waals surface area contributed by atoms with Crippen molar-refractivity contribution in [1.82, 2.24) is 14.3 Å². The van der Waals surface area contributed by atoms with Crippen LogP contribution in [0.15, 0.2) is 41.3 Å². The fourth-order valence-corrected chi connectivity index (χ4v) is 6.35. The first-order chi connectivity index (χ1) is 14.2. The Kier molecular flexibility index (Phi) is 4.23. The first-order valence-corrected chi connectivity index (χ1v) is 11.2. The quantitative estimate of drug-likeness (QED) is 0.511. The van der Waals surface area contributed by atoms with Crippen LogP contribution in [0.4, 0.5) is 4.39 Å². The average Bonchev–Trinajstić information content (AvgIpc) is 3.16. The van der Waals surface area contributed by atoms with E-state index < -0.39 is 0 Å². The largest absolute Gasteiger partial charge is 0.493 e. The summed E-state index contributed by atoms with van der Waals surface area (Å²) in [4.78, 5) is 17.8. The summed E-state index contributed by atoms with van der Waals surface area (Å²) < 4.78 is 18.1. The Hall–Kier alpha value is -2.16. The van der Waals surface area contributed by atoms with Crippen LogP contribution in [0.3, 0.4) is 0 Å². The van der Waals surface area contributed by atoms with Crippen molar-refractivity contribution in [3.05, 3.63) is 73.1 Å². The second kappa shape index (κ2) is 6.42. The van der Waals surface area contributed by atoms with Crippen LogP contribution in [0.1, 0.15) is 56.4 Å². The number of halogens is 2. The lowest BCUT2D eigenvalue weighted by Crippen LogP contribution is -2.36. The number of nitrogens with zero attached hydrogens (tertiary/aromatic N) is 3. The van der Waals surface area contributed by atoms with E-state index in [0.29, 0.717) is 21.4 Å². The molecule has 0 radical (unpaired) electrons. The van der Waals surface area contributed by atoms with Crippen LogP contribution in [0.5, 0.6) is 5.88 Å². The molecule has 1 fully saturated rings. The SMILES string of the molecule is CC1(C)C2CC[C@]1(C)c1c2c(=O)n(-c2ccc(F)cc2I)n1Cc1cccnc1O. The van der Waals surface area contributed by atoms with E-state index in [1.54, 1.807) is 23.0 Å². The minimum Gasteiger partial charge on any atom is -0.493 e. The molecular weight excluding hydrogens is 496 g/mol. The fraction of sp³-hybridized carbons (Fsp3) is 0.391. The minimum atomic E-state index is -0.333. The number of hydrogen-bond acceptors (Lipinski definition) is 3. The number of pyridine rings is 1. The number of benzene rings is 1. The summed E-state index contributed by atoms with van der Waals surface area (Å²) in [5.74, 6) is -0.182. The Balaban J connectivity index is 1.82.